The molecule has 0 bridgehead atoms. The average molecular weight is 251 g/mol. The molecule has 5 nitrogen and oxygen atoms in total. The van der Waals surface area contributed by atoms with Gasteiger partial charge in [0.2, 0.25) is 0 Å². The van der Waals surface area contributed by atoms with E-state index in [1.54, 1.807) is 6.20 Å². The molecule has 1 aliphatic rings. The number of nitrogens with one attached hydrogen (secondary N) is 2. The molecule has 0 radical (unpaired) electrons. The molecule has 0 amide bonds. The number of rotatable bonds is 5. The monoisotopic (exact) mass is 251 g/mol. The molecule has 102 valence electrons. The Morgan fingerprint density at radius 1 is 1.33 bits per heavy atom. The van der Waals surface area contributed by atoms with Crippen LogP contribution in [0.2, 0.25) is 0 Å². The highest BCUT2D eigenvalue weighted by Crippen LogP contribution is 2.15. The van der Waals surface area contributed by atoms with Crippen LogP contribution < -0.4 is 5.32 Å². The highest BCUT2D eigenvalue weighted by Gasteiger charge is 2.28. The molecular weight excluding hydrogens is 226 g/mol. The van der Waals surface area contributed by atoms with Gasteiger partial charge in [-0.25, -0.2) is 0 Å². The van der Waals surface area contributed by atoms with Gasteiger partial charge in [0, 0.05) is 56.7 Å². The van der Waals surface area contributed by atoms with Crippen molar-refractivity contribution in [3.63, 3.8) is 0 Å². The van der Waals surface area contributed by atoms with Crippen molar-refractivity contribution in [2.24, 2.45) is 0 Å². The molecule has 2 rings (SSSR count). The van der Waals surface area contributed by atoms with Crippen LogP contribution in [0.5, 0.6) is 0 Å². The van der Waals surface area contributed by atoms with Gasteiger partial charge in [-0.1, -0.05) is 0 Å². The van der Waals surface area contributed by atoms with E-state index in [0.717, 1.165) is 31.9 Å². The summed E-state index contributed by atoms with van der Waals surface area (Å²) in [5.41, 5.74) is 1.35. The van der Waals surface area contributed by atoms with E-state index in [4.69, 9.17) is 0 Å². The van der Waals surface area contributed by atoms with Gasteiger partial charge in [-0.3, -0.25) is 10.00 Å². The van der Waals surface area contributed by atoms with Crippen LogP contribution in [0.25, 0.3) is 0 Å². The molecule has 0 spiro atoms. The standard InChI is InChI=1S/C13H25N5/c1-13(2,18-8-6-17(3)7-9-18)11-14-10-12-4-5-15-16-12/h4-5,14H,6-11H2,1-3H3,(H,15,16). The van der Waals surface area contributed by atoms with Gasteiger partial charge in [-0.2, -0.15) is 5.10 Å². The number of piperazine rings is 1. The Labute approximate surface area is 110 Å². The smallest absolute Gasteiger partial charge is 0.0490 e. The minimum atomic E-state index is 0.210. The number of aromatic amines is 1. The maximum absolute atomic E-state index is 3.95. The summed E-state index contributed by atoms with van der Waals surface area (Å²) in [5, 5.41) is 10.4. The predicted octanol–water partition coefficient (Wildman–Crippen LogP) is 0.525. The van der Waals surface area contributed by atoms with E-state index in [1.807, 2.05) is 6.07 Å². The quantitative estimate of drug-likeness (QED) is 0.801. The Kier molecular flexibility index (Phi) is 4.37. The molecule has 1 aromatic heterocycles. The Morgan fingerprint density at radius 2 is 2.06 bits per heavy atom. The first-order chi connectivity index (χ1) is 8.58. The summed E-state index contributed by atoms with van der Waals surface area (Å²) < 4.78 is 0. The molecular formula is C13H25N5. The molecule has 1 fully saturated rings. The molecule has 0 aliphatic carbocycles. The Bertz CT molecular complexity index is 338. The Balaban J connectivity index is 1.76. The van der Waals surface area contributed by atoms with Crippen LogP contribution in [0.1, 0.15) is 19.5 Å². The maximum Gasteiger partial charge on any atom is 0.0490 e. The number of hydrogen-bond acceptors (Lipinski definition) is 4. The number of aromatic nitrogens is 2. The lowest BCUT2D eigenvalue weighted by atomic mass is 10.0. The van der Waals surface area contributed by atoms with Crippen molar-refractivity contribution in [3.05, 3.63) is 18.0 Å². The van der Waals surface area contributed by atoms with Crippen LogP contribution in [0.3, 0.4) is 0 Å². The van der Waals surface area contributed by atoms with E-state index in [1.165, 1.54) is 13.1 Å². The minimum Gasteiger partial charge on any atom is -0.309 e. The second kappa shape index (κ2) is 5.82. The molecule has 2 N–H and O–H groups in total. The number of H-pyrrole nitrogens is 1. The molecule has 0 unspecified atom stereocenters. The van der Waals surface area contributed by atoms with E-state index in [-0.39, 0.29) is 5.54 Å². The van der Waals surface area contributed by atoms with E-state index >= 15 is 0 Å². The zero-order chi connectivity index (χ0) is 13.0. The Morgan fingerprint density at radius 3 is 2.67 bits per heavy atom. The van der Waals surface area contributed by atoms with Crippen molar-refractivity contribution < 1.29 is 0 Å². The van der Waals surface area contributed by atoms with E-state index in [2.05, 4.69) is 46.2 Å². The van der Waals surface area contributed by atoms with Gasteiger partial charge >= 0.3 is 0 Å². The lowest BCUT2D eigenvalue weighted by Gasteiger charge is -2.43. The first-order valence-electron chi connectivity index (χ1n) is 6.70. The summed E-state index contributed by atoms with van der Waals surface area (Å²) in [7, 11) is 2.20. The van der Waals surface area contributed by atoms with Crippen molar-refractivity contribution in [1.29, 1.82) is 0 Å². The number of hydrogen-bond donors (Lipinski definition) is 2. The average Bonchev–Trinajstić information content (AvgIpc) is 2.82. The van der Waals surface area contributed by atoms with Crippen LogP contribution in [-0.4, -0.2) is 65.3 Å². The van der Waals surface area contributed by atoms with Gasteiger partial charge in [0.15, 0.2) is 0 Å². The highest BCUT2D eigenvalue weighted by atomic mass is 15.3. The van der Waals surface area contributed by atoms with Gasteiger partial charge in [-0.05, 0) is 27.0 Å². The van der Waals surface area contributed by atoms with Crippen LogP contribution in [0.4, 0.5) is 0 Å². The first-order valence-corrected chi connectivity index (χ1v) is 6.70. The predicted molar refractivity (Wildman–Crippen MR) is 73.4 cm³/mol. The van der Waals surface area contributed by atoms with Crippen molar-refractivity contribution in [1.82, 2.24) is 25.3 Å². The molecule has 0 saturated carbocycles. The van der Waals surface area contributed by atoms with E-state index in [0.29, 0.717) is 0 Å². The Hall–Kier alpha value is -0.910. The maximum atomic E-state index is 3.95. The number of likely N-dealkylation sites (N-methyl/N-ethyl adjacent to an activating group) is 1. The van der Waals surface area contributed by atoms with Crippen LogP contribution in [0, 0.1) is 0 Å². The highest BCUT2D eigenvalue weighted by molar-refractivity contribution is 4.97. The summed E-state index contributed by atoms with van der Waals surface area (Å²) in [6.45, 7) is 11.2. The van der Waals surface area contributed by atoms with Crippen molar-refractivity contribution in [2.45, 2.75) is 25.9 Å². The fourth-order valence-corrected chi connectivity index (χ4v) is 2.41. The molecule has 0 aromatic carbocycles. The van der Waals surface area contributed by atoms with Crippen molar-refractivity contribution in [3.8, 4) is 0 Å². The largest absolute Gasteiger partial charge is 0.309 e. The third kappa shape index (κ3) is 3.54. The molecule has 1 aliphatic heterocycles. The summed E-state index contributed by atoms with van der Waals surface area (Å²) >= 11 is 0. The topological polar surface area (TPSA) is 47.2 Å². The summed E-state index contributed by atoms with van der Waals surface area (Å²) in [6, 6.07) is 2.01. The normalized spacial score (nSPS) is 19.3. The van der Waals surface area contributed by atoms with Crippen molar-refractivity contribution in [2.75, 3.05) is 39.8 Å². The molecule has 2 heterocycles. The second-order valence-electron chi connectivity index (χ2n) is 5.79. The lowest BCUT2D eigenvalue weighted by molar-refractivity contribution is 0.0617. The summed E-state index contributed by atoms with van der Waals surface area (Å²) in [4.78, 5) is 4.97. The van der Waals surface area contributed by atoms with Gasteiger partial charge < -0.3 is 10.2 Å². The zero-order valence-corrected chi connectivity index (χ0v) is 11.7. The van der Waals surface area contributed by atoms with Gasteiger partial charge in [-0.15, -0.1) is 0 Å². The number of nitrogens with zero attached hydrogens (tertiary/aromatic N) is 3. The van der Waals surface area contributed by atoms with E-state index in [9.17, 15) is 0 Å². The van der Waals surface area contributed by atoms with Gasteiger partial charge in [0.25, 0.3) is 0 Å². The van der Waals surface area contributed by atoms with E-state index < -0.39 is 0 Å². The molecule has 5 heteroatoms. The van der Waals surface area contributed by atoms with Crippen LogP contribution in [-0.2, 0) is 6.54 Å². The minimum absolute atomic E-state index is 0.210. The molecule has 18 heavy (non-hydrogen) atoms. The van der Waals surface area contributed by atoms with Gasteiger partial charge in [0.05, 0.1) is 0 Å². The zero-order valence-electron chi connectivity index (χ0n) is 11.7. The first kappa shape index (κ1) is 13.5. The molecule has 1 saturated heterocycles. The van der Waals surface area contributed by atoms with Crippen LogP contribution >= 0.6 is 0 Å². The van der Waals surface area contributed by atoms with Crippen molar-refractivity contribution >= 4 is 0 Å². The fourth-order valence-electron chi connectivity index (χ4n) is 2.41. The SMILES string of the molecule is CN1CCN(C(C)(C)CNCc2ccn[nH]2)CC1. The summed E-state index contributed by atoms with van der Waals surface area (Å²) in [6.07, 6.45) is 1.79. The van der Waals surface area contributed by atoms with Crippen LogP contribution in [0.15, 0.2) is 12.3 Å². The fraction of sp³-hybridized carbons (Fsp3) is 0.769. The lowest BCUT2D eigenvalue weighted by Crippen LogP contribution is -2.57. The molecule has 1 aromatic rings. The second-order valence-corrected chi connectivity index (χ2v) is 5.79. The third-order valence-corrected chi connectivity index (χ3v) is 3.79. The van der Waals surface area contributed by atoms with Gasteiger partial charge in [0.1, 0.15) is 0 Å². The third-order valence-electron chi connectivity index (χ3n) is 3.79. The summed E-state index contributed by atoms with van der Waals surface area (Å²) in [5.74, 6) is 0. The molecule has 0 atom stereocenters.